The number of hydrogen-bond donors (Lipinski definition) is 2. The molecular formula is C31H32N2. The maximum absolute atomic E-state index is 3.96. The highest BCUT2D eigenvalue weighted by Crippen LogP contribution is 2.35. The number of nitrogens with one attached hydrogen (secondary N) is 2. The molecule has 5 aromatic rings. The lowest BCUT2D eigenvalue weighted by Crippen LogP contribution is -2.40. The summed E-state index contributed by atoms with van der Waals surface area (Å²) in [5, 5.41) is 7.96. The largest absolute Gasteiger partial charge is 0.361 e. The molecule has 33 heavy (non-hydrogen) atoms. The highest BCUT2D eigenvalue weighted by atomic mass is 14.9. The fraction of sp³-hybridized carbons (Fsp3) is 0.226. The number of rotatable bonds is 6. The molecule has 2 heteroatoms. The first-order valence-electron chi connectivity index (χ1n) is 12.2. The zero-order chi connectivity index (χ0) is 22.0. The first-order chi connectivity index (χ1) is 16.3. The van der Waals surface area contributed by atoms with E-state index in [1.807, 2.05) is 0 Å². The Morgan fingerprint density at radius 3 is 2.64 bits per heavy atom. The van der Waals surface area contributed by atoms with Crippen LogP contribution in [0.1, 0.15) is 36.0 Å². The summed E-state index contributed by atoms with van der Waals surface area (Å²) in [6, 6.07) is 33.8. The Labute approximate surface area is 197 Å². The van der Waals surface area contributed by atoms with Gasteiger partial charge in [-0.25, -0.2) is 0 Å². The van der Waals surface area contributed by atoms with Gasteiger partial charge in [0.2, 0.25) is 0 Å². The summed E-state index contributed by atoms with van der Waals surface area (Å²) < 4.78 is 0. The van der Waals surface area contributed by atoms with Crippen LogP contribution >= 0.6 is 0 Å². The monoisotopic (exact) mass is 432 g/mol. The molecule has 2 N–H and O–H groups in total. The Kier molecular flexibility index (Phi) is 5.45. The van der Waals surface area contributed by atoms with Crippen molar-refractivity contribution in [2.45, 2.75) is 37.6 Å². The normalized spacial score (nSPS) is 17.9. The molecule has 0 radical (unpaired) electrons. The molecular weight excluding hydrogens is 400 g/mol. The lowest BCUT2D eigenvalue weighted by atomic mass is 9.76. The Bertz CT molecular complexity index is 1400. The molecule has 1 heterocycles. The SMILES string of the molecule is [HH].c1ccc2c(c1)CCC(NCCc1c[nH]c3ccccc13)C2Cc1ccc2ccccc2c1. The maximum atomic E-state index is 3.96. The van der Waals surface area contributed by atoms with Gasteiger partial charge in [0.1, 0.15) is 0 Å². The van der Waals surface area contributed by atoms with Crippen LogP contribution in [0.2, 0.25) is 0 Å². The molecule has 0 saturated heterocycles. The number of aryl methyl sites for hydroxylation is 1. The molecule has 0 spiro atoms. The van der Waals surface area contributed by atoms with Crippen LogP contribution in [-0.2, 0) is 19.3 Å². The van der Waals surface area contributed by atoms with E-state index < -0.39 is 0 Å². The maximum Gasteiger partial charge on any atom is 0.0456 e. The van der Waals surface area contributed by atoms with Gasteiger partial charge < -0.3 is 10.3 Å². The molecule has 0 amide bonds. The summed E-state index contributed by atoms with van der Waals surface area (Å²) in [7, 11) is 0. The van der Waals surface area contributed by atoms with Crippen LogP contribution in [-0.4, -0.2) is 17.6 Å². The van der Waals surface area contributed by atoms with Crippen molar-refractivity contribution in [3.05, 3.63) is 119 Å². The number of benzene rings is 4. The number of para-hydroxylation sites is 1. The van der Waals surface area contributed by atoms with Crippen LogP contribution in [0, 0.1) is 0 Å². The van der Waals surface area contributed by atoms with Crippen molar-refractivity contribution in [1.82, 2.24) is 10.3 Å². The molecule has 2 atom stereocenters. The van der Waals surface area contributed by atoms with Gasteiger partial charge in [-0.1, -0.05) is 84.9 Å². The molecule has 0 fully saturated rings. The molecule has 2 unspecified atom stereocenters. The standard InChI is InChI=1S/C31H30N2.H2/c1-2-9-25-19-22(13-14-23(25)7-1)20-29-27-10-4-3-8-24(27)15-16-31(29)32-18-17-26-21-33-30-12-6-5-11-28(26)30;/h1-14,19,21,29,31-33H,15-18,20H2;1H. The van der Waals surface area contributed by atoms with Gasteiger partial charge in [-0.05, 0) is 71.3 Å². The molecule has 1 aromatic heterocycles. The fourth-order valence-electron chi connectivity index (χ4n) is 5.70. The summed E-state index contributed by atoms with van der Waals surface area (Å²) >= 11 is 0. The third kappa shape index (κ3) is 4.07. The van der Waals surface area contributed by atoms with Gasteiger partial charge in [0.25, 0.3) is 0 Å². The lowest BCUT2D eigenvalue weighted by Gasteiger charge is -2.35. The summed E-state index contributed by atoms with van der Waals surface area (Å²) in [5.74, 6) is 0.499. The van der Waals surface area contributed by atoms with Gasteiger partial charge in [-0.2, -0.15) is 0 Å². The summed E-state index contributed by atoms with van der Waals surface area (Å²) in [4.78, 5) is 3.42. The molecule has 1 aliphatic rings. The number of aromatic nitrogens is 1. The van der Waals surface area contributed by atoms with Crippen LogP contribution in [0.15, 0.2) is 97.2 Å². The van der Waals surface area contributed by atoms with E-state index in [4.69, 9.17) is 0 Å². The topological polar surface area (TPSA) is 27.8 Å². The molecule has 166 valence electrons. The molecule has 6 rings (SSSR count). The van der Waals surface area contributed by atoms with Gasteiger partial charge in [-0.15, -0.1) is 0 Å². The minimum absolute atomic E-state index is 0. The zero-order valence-corrected chi connectivity index (χ0v) is 18.9. The van der Waals surface area contributed by atoms with E-state index in [1.165, 1.54) is 50.4 Å². The van der Waals surface area contributed by atoms with Crippen molar-refractivity contribution in [3.8, 4) is 0 Å². The number of hydrogen-bond acceptors (Lipinski definition) is 1. The second-order valence-corrected chi connectivity index (χ2v) is 9.40. The first kappa shape index (κ1) is 20.3. The Balaban J connectivity index is 0.00000241. The Morgan fingerprint density at radius 2 is 1.67 bits per heavy atom. The second kappa shape index (κ2) is 8.88. The average Bonchev–Trinajstić information content (AvgIpc) is 3.28. The fourth-order valence-corrected chi connectivity index (χ4v) is 5.70. The molecule has 0 saturated carbocycles. The number of H-pyrrole nitrogens is 1. The van der Waals surface area contributed by atoms with Crippen molar-refractivity contribution in [3.63, 3.8) is 0 Å². The summed E-state index contributed by atoms with van der Waals surface area (Å²) in [6.45, 7) is 1.00. The van der Waals surface area contributed by atoms with Crippen molar-refractivity contribution in [1.29, 1.82) is 0 Å². The molecule has 2 nitrogen and oxygen atoms in total. The van der Waals surface area contributed by atoms with Gasteiger partial charge in [-0.3, -0.25) is 0 Å². The smallest absolute Gasteiger partial charge is 0.0456 e. The van der Waals surface area contributed by atoms with Crippen molar-refractivity contribution in [2.75, 3.05) is 6.54 Å². The van der Waals surface area contributed by atoms with E-state index in [1.54, 1.807) is 0 Å². The van der Waals surface area contributed by atoms with E-state index in [0.717, 1.165) is 25.8 Å². The van der Waals surface area contributed by atoms with Crippen molar-refractivity contribution >= 4 is 21.7 Å². The molecule has 4 aromatic carbocycles. The van der Waals surface area contributed by atoms with Gasteiger partial charge in [0.15, 0.2) is 0 Å². The third-order valence-electron chi connectivity index (χ3n) is 7.41. The van der Waals surface area contributed by atoms with E-state index in [2.05, 4.69) is 107 Å². The van der Waals surface area contributed by atoms with Crippen LogP contribution in [0.4, 0.5) is 0 Å². The Morgan fingerprint density at radius 1 is 0.848 bits per heavy atom. The summed E-state index contributed by atoms with van der Waals surface area (Å²) in [5.41, 5.74) is 7.12. The second-order valence-electron chi connectivity index (χ2n) is 9.40. The third-order valence-corrected chi connectivity index (χ3v) is 7.41. The van der Waals surface area contributed by atoms with Gasteiger partial charge in [0, 0.05) is 30.5 Å². The summed E-state index contributed by atoms with van der Waals surface area (Å²) in [6.07, 6.45) is 6.66. The quantitative estimate of drug-likeness (QED) is 0.296. The van der Waals surface area contributed by atoms with E-state index in [-0.39, 0.29) is 1.43 Å². The van der Waals surface area contributed by atoms with Crippen molar-refractivity contribution in [2.24, 2.45) is 0 Å². The van der Waals surface area contributed by atoms with Gasteiger partial charge in [0.05, 0.1) is 0 Å². The predicted octanol–water partition coefficient (Wildman–Crippen LogP) is 7.04. The zero-order valence-electron chi connectivity index (χ0n) is 18.9. The number of aromatic amines is 1. The average molecular weight is 433 g/mol. The molecule has 0 bridgehead atoms. The minimum Gasteiger partial charge on any atom is -0.361 e. The van der Waals surface area contributed by atoms with Gasteiger partial charge >= 0.3 is 0 Å². The van der Waals surface area contributed by atoms with Crippen LogP contribution in [0.25, 0.3) is 21.7 Å². The van der Waals surface area contributed by atoms with Crippen LogP contribution in [0.5, 0.6) is 0 Å². The van der Waals surface area contributed by atoms with E-state index >= 15 is 0 Å². The van der Waals surface area contributed by atoms with E-state index in [0.29, 0.717) is 12.0 Å². The van der Waals surface area contributed by atoms with Crippen LogP contribution < -0.4 is 5.32 Å². The highest BCUT2D eigenvalue weighted by molar-refractivity contribution is 5.83. The minimum atomic E-state index is 0. The predicted molar refractivity (Wildman–Crippen MR) is 141 cm³/mol. The lowest BCUT2D eigenvalue weighted by molar-refractivity contribution is 0.387. The molecule has 0 aliphatic heterocycles. The number of fused-ring (bicyclic) bond motifs is 3. The molecule has 1 aliphatic carbocycles. The Hall–Kier alpha value is -3.36. The van der Waals surface area contributed by atoms with Crippen molar-refractivity contribution < 1.29 is 1.43 Å². The van der Waals surface area contributed by atoms with Crippen LogP contribution in [0.3, 0.4) is 0 Å². The van der Waals surface area contributed by atoms with E-state index in [9.17, 15) is 0 Å². The first-order valence-corrected chi connectivity index (χ1v) is 12.2. The highest BCUT2D eigenvalue weighted by Gasteiger charge is 2.29.